The summed E-state index contributed by atoms with van der Waals surface area (Å²) < 4.78 is 20.9. The molecule has 2 aromatic carbocycles. The highest BCUT2D eigenvalue weighted by atomic mass is 16.5. The quantitative estimate of drug-likeness (QED) is 0.219. The Hall–Kier alpha value is -3.38. The monoisotopic (exact) mass is 466 g/mol. The van der Waals surface area contributed by atoms with Crippen molar-refractivity contribution in [2.75, 3.05) is 34.0 Å². The standard InChI is InChI=1S/C28H34O6/c1-20(2)27(29)33-16-6-8-22-10-13-24(14-11-22)25-15-12-23(18-26(25)32-5)9-7-17-34-28(30)21(3)19-31-4/h10-15,18H,1,3,6-9,16-17,19H2,2,4-5H3. The maximum atomic E-state index is 11.8. The molecule has 0 aliphatic carbocycles. The molecule has 0 fully saturated rings. The molecule has 0 saturated heterocycles. The van der Waals surface area contributed by atoms with Crippen LogP contribution in [0.5, 0.6) is 5.75 Å². The van der Waals surface area contributed by atoms with E-state index in [0.29, 0.717) is 30.8 Å². The number of ether oxygens (including phenoxy) is 4. The molecule has 0 unspecified atom stereocenters. The Morgan fingerprint density at radius 3 is 2.00 bits per heavy atom. The highest BCUT2D eigenvalue weighted by molar-refractivity contribution is 5.88. The second-order valence-electron chi connectivity index (χ2n) is 8.03. The molecule has 0 bridgehead atoms. The van der Waals surface area contributed by atoms with Crippen LogP contribution in [0, 0.1) is 0 Å². The van der Waals surface area contributed by atoms with Gasteiger partial charge in [0.1, 0.15) is 5.75 Å². The average molecular weight is 467 g/mol. The molecule has 0 aliphatic rings. The molecule has 0 atom stereocenters. The second kappa shape index (κ2) is 14.0. The van der Waals surface area contributed by atoms with Crippen molar-refractivity contribution in [2.24, 2.45) is 0 Å². The summed E-state index contributed by atoms with van der Waals surface area (Å²) >= 11 is 0. The van der Waals surface area contributed by atoms with Crippen LogP contribution >= 0.6 is 0 Å². The van der Waals surface area contributed by atoms with E-state index in [1.165, 1.54) is 12.7 Å². The summed E-state index contributed by atoms with van der Waals surface area (Å²) in [7, 11) is 3.17. The van der Waals surface area contributed by atoms with Crippen LogP contribution in [0.15, 0.2) is 66.8 Å². The second-order valence-corrected chi connectivity index (χ2v) is 8.03. The van der Waals surface area contributed by atoms with Crippen molar-refractivity contribution in [3.63, 3.8) is 0 Å². The van der Waals surface area contributed by atoms with Crippen LogP contribution in [0.2, 0.25) is 0 Å². The van der Waals surface area contributed by atoms with E-state index in [4.69, 9.17) is 18.9 Å². The minimum Gasteiger partial charge on any atom is -0.496 e. The predicted octanol–water partition coefficient (Wildman–Crippen LogP) is 5.09. The third kappa shape index (κ3) is 8.52. The number of hydrogen-bond acceptors (Lipinski definition) is 6. The minimum atomic E-state index is -0.425. The van der Waals surface area contributed by atoms with E-state index >= 15 is 0 Å². The first-order valence-corrected chi connectivity index (χ1v) is 11.3. The first kappa shape index (κ1) is 26.9. The van der Waals surface area contributed by atoms with Gasteiger partial charge in [-0.3, -0.25) is 0 Å². The molecule has 0 N–H and O–H groups in total. The minimum absolute atomic E-state index is 0.170. The molecule has 0 heterocycles. The lowest BCUT2D eigenvalue weighted by molar-refractivity contribution is -0.140. The van der Waals surface area contributed by atoms with E-state index in [9.17, 15) is 9.59 Å². The number of carbonyl (C=O) groups is 2. The Kier molecular flexibility index (Phi) is 11.1. The normalized spacial score (nSPS) is 10.4. The van der Waals surface area contributed by atoms with Crippen LogP contribution in [0.3, 0.4) is 0 Å². The van der Waals surface area contributed by atoms with Crippen LogP contribution < -0.4 is 4.74 Å². The molecule has 182 valence electrons. The topological polar surface area (TPSA) is 71.1 Å². The zero-order valence-electron chi connectivity index (χ0n) is 20.4. The van der Waals surface area contributed by atoms with Gasteiger partial charge in [0, 0.05) is 18.2 Å². The van der Waals surface area contributed by atoms with E-state index < -0.39 is 5.97 Å². The molecule has 0 spiro atoms. The van der Waals surface area contributed by atoms with E-state index in [0.717, 1.165) is 41.7 Å². The highest BCUT2D eigenvalue weighted by Gasteiger charge is 2.10. The van der Waals surface area contributed by atoms with Gasteiger partial charge in [0.25, 0.3) is 0 Å². The fourth-order valence-electron chi connectivity index (χ4n) is 3.32. The van der Waals surface area contributed by atoms with E-state index in [1.807, 2.05) is 12.1 Å². The maximum absolute atomic E-state index is 11.8. The molecule has 2 rings (SSSR count). The van der Waals surface area contributed by atoms with E-state index in [1.54, 1.807) is 14.0 Å². The number of rotatable bonds is 14. The third-order valence-electron chi connectivity index (χ3n) is 5.17. The Bertz CT molecular complexity index is 990. The molecule has 0 aliphatic heterocycles. The van der Waals surface area contributed by atoms with Crippen LogP contribution in [0.1, 0.15) is 30.9 Å². The molecule has 34 heavy (non-hydrogen) atoms. The lowest BCUT2D eigenvalue weighted by atomic mass is 9.99. The Balaban J connectivity index is 1.88. The van der Waals surface area contributed by atoms with Crippen molar-refractivity contribution in [3.05, 3.63) is 77.9 Å². The van der Waals surface area contributed by atoms with Crippen molar-refractivity contribution >= 4 is 11.9 Å². The number of hydrogen-bond donors (Lipinski definition) is 0. The first-order chi connectivity index (χ1) is 16.3. The zero-order chi connectivity index (χ0) is 24.9. The summed E-state index contributed by atoms with van der Waals surface area (Å²) in [6, 6.07) is 14.4. The Morgan fingerprint density at radius 2 is 1.41 bits per heavy atom. The third-order valence-corrected chi connectivity index (χ3v) is 5.17. The fraction of sp³-hybridized carbons (Fsp3) is 0.357. The maximum Gasteiger partial charge on any atom is 0.335 e. The molecule has 6 nitrogen and oxygen atoms in total. The fourth-order valence-corrected chi connectivity index (χ4v) is 3.32. The van der Waals surface area contributed by atoms with Gasteiger partial charge in [-0.15, -0.1) is 0 Å². The van der Waals surface area contributed by atoms with Gasteiger partial charge in [0.15, 0.2) is 0 Å². The highest BCUT2D eigenvalue weighted by Crippen LogP contribution is 2.31. The number of carbonyl (C=O) groups excluding carboxylic acids is 2. The van der Waals surface area contributed by atoms with Gasteiger partial charge in [-0.2, -0.15) is 0 Å². The van der Waals surface area contributed by atoms with Gasteiger partial charge < -0.3 is 18.9 Å². The van der Waals surface area contributed by atoms with Crippen LogP contribution in [0.25, 0.3) is 11.1 Å². The largest absolute Gasteiger partial charge is 0.496 e. The summed E-state index contributed by atoms with van der Waals surface area (Å²) in [5.41, 5.74) is 5.08. The van der Waals surface area contributed by atoms with Gasteiger partial charge in [0.05, 0.1) is 32.5 Å². The van der Waals surface area contributed by atoms with Crippen molar-refractivity contribution in [1.82, 2.24) is 0 Å². The molecule has 2 aromatic rings. The van der Waals surface area contributed by atoms with Crippen molar-refractivity contribution in [2.45, 2.75) is 32.6 Å². The van der Waals surface area contributed by atoms with Gasteiger partial charge in [-0.25, -0.2) is 9.59 Å². The number of methoxy groups -OCH3 is 2. The molecular weight excluding hydrogens is 432 g/mol. The Labute approximate surface area is 202 Å². The summed E-state index contributed by atoms with van der Waals surface area (Å²) in [4.78, 5) is 23.2. The van der Waals surface area contributed by atoms with Crippen molar-refractivity contribution in [3.8, 4) is 16.9 Å². The lowest BCUT2D eigenvalue weighted by Crippen LogP contribution is -2.12. The van der Waals surface area contributed by atoms with E-state index in [2.05, 4.69) is 43.5 Å². The van der Waals surface area contributed by atoms with Crippen molar-refractivity contribution < 1.29 is 28.5 Å². The first-order valence-electron chi connectivity index (χ1n) is 11.3. The summed E-state index contributed by atoms with van der Waals surface area (Å²) in [5, 5.41) is 0. The summed E-state index contributed by atoms with van der Waals surface area (Å²) in [6.07, 6.45) is 3.04. The zero-order valence-corrected chi connectivity index (χ0v) is 20.4. The SMILES string of the molecule is C=C(C)C(=O)OCCCc1ccc(-c2ccc(CCCOC(=O)C(=C)COC)cc2OC)cc1. The summed E-state index contributed by atoms with van der Waals surface area (Å²) in [6.45, 7) is 9.73. The van der Waals surface area contributed by atoms with Crippen LogP contribution in [0.4, 0.5) is 0 Å². The van der Waals surface area contributed by atoms with Gasteiger partial charge >= 0.3 is 11.9 Å². The van der Waals surface area contributed by atoms with Crippen LogP contribution in [-0.4, -0.2) is 46.0 Å². The molecule has 6 heteroatoms. The number of benzene rings is 2. The molecule has 0 radical (unpaired) electrons. The smallest absolute Gasteiger partial charge is 0.335 e. The van der Waals surface area contributed by atoms with Gasteiger partial charge in [0.2, 0.25) is 0 Å². The Morgan fingerprint density at radius 1 is 0.824 bits per heavy atom. The lowest BCUT2D eigenvalue weighted by Gasteiger charge is -2.12. The van der Waals surface area contributed by atoms with Crippen molar-refractivity contribution in [1.29, 1.82) is 0 Å². The van der Waals surface area contributed by atoms with E-state index in [-0.39, 0.29) is 12.6 Å². The molecule has 0 aromatic heterocycles. The van der Waals surface area contributed by atoms with Gasteiger partial charge in [-0.1, -0.05) is 49.6 Å². The average Bonchev–Trinajstić information content (AvgIpc) is 2.84. The number of aryl methyl sites for hydroxylation is 2. The number of esters is 2. The van der Waals surface area contributed by atoms with Crippen LogP contribution in [-0.2, 0) is 36.6 Å². The van der Waals surface area contributed by atoms with Gasteiger partial charge in [-0.05, 0) is 55.4 Å². The molecular formula is C28H34O6. The molecule has 0 saturated carbocycles. The molecule has 0 amide bonds. The summed E-state index contributed by atoms with van der Waals surface area (Å²) in [5.74, 6) is 0.0217. The predicted molar refractivity (Wildman–Crippen MR) is 133 cm³/mol.